The van der Waals surface area contributed by atoms with Gasteiger partial charge in [-0.25, -0.2) is 9.37 Å². The highest BCUT2D eigenvalue weighted by Crippen LogP contribution is 2.38. The van der Waals surface area contributed by atoms with Crippen LogP contribution in [0.25, 0.3) is 0 Å². The Morgan fingerprint density at radius 1 is 1.15 bits per heavy atom. The van der Waals surface area contributed by atoms with Crippen LogP contribution in [0.5, 0.6) is 11.5 Å². The molecule has 0 saturated carbocycles. The lowest BCUT2D eigenvalue weighted by molar-refractivity contribution is -0.133. The number of rotatable bonds is 10. The Balaban J connectivity index is 1.17. The Bertz CT molecular complexity index is 1330. The SMILES string of the molecule is CCOc1ccccc1CN1CCC(N(C)C(=O)C2CCCc3sc(NC(=O)COc4ccc(F)cc4)nc32)C1. The van der Waals surface area contributed by atoms with Gasteiger partial charge in [0.1, 0.15) is 17.3 Å². The molecule has 0 spiro atoms. The number of para-hydroxylation sites is 1. The molecule has 1 N–H and O–H groups in total. The van der Waals surface area contributed by atoms with E-state index in [1.165, 1.54) is 35.6 Å². The topological polar surface area (TPSA) is 84.0 Å². The number of carbonyl (C=O) groups excluding carboxylic acids is 2. The van der Waals surface area contributed by atoms with Crippen LogP contribution in [0.15, 0.2) is 48.5 Å². The van der Waals surface area contributed by atoms with E-state index in [9.17, 15) is 14.0 Å². The normalized spacial score (nSPS) is 18.7. The number of aromatic nitrogens is 1. The van der Waals surface area contributed by atoms with Crippen LogP contribution in [0.3, 0.4) is 0 Å². The van der Waals surface area contributed by atoms with E-state index in [-0.39, 0.29) is 36.2 Å². The summed E-state index contributed by atoms with van der Waals surface area (Å²) in [7, 11) is 1.90. The number of carbonyl (C=O) groups is 2. The molecule has 10 heteroatoms. The van der Waals surface area contributed by atoms with Crippen molar-refractivity contribution < 1.29 is 23.5 Å². The first-order chi connectivity index (χ1) is 19.4. The van der Waals surface area contributed by atoms with E-state index in [2.05, 4.69) is 21.3 Å². The van der Waals surface area contributed by atoms with E-state index in [4.69, 9.17) is 9.47 Å². The number of nitrogens with zero attached hydrogens (tertiary/aromatic N) is 3. The van der Waals surface area contributed by atoms with Crippen LogP contribution in [0.2, 0.25) is 0 Å². The van der Waals surface area contributed by atoms with Gasteiger partial charge in [-0.1, -0.05) is 18.2 Å². The Morgan fingerprint density at radius 2 is 1.95 bits per heavy atom. The van der Waals surface area contributed by atoms with E-state index in [1.807, 2.05) is 37.1 Å². The number of hydrogen-bond donors (Lipinski definition) is 1. The first-order valence-electron chi connectivity index (χ1n) is 13.8. The first kappa shape index (κ1) is 28.0. The number of aryl methyl sites for hydroxylation is 1. The highest BCUT2D eigenvalue weighted by molar-refractivity contribution is 7.15. The van der Waals surface area contributed by atoms with Gasteiger partial charge in [0.15, 0.2) is 11.7 Å². The number of benzene rings is 2. The predicted molar refractivity (Wildman–Crippen MR) is 152 cm³/mol. The maximum atomic E-state index is 13.7. The smallest absolute Gasteiger partial charge is 0.264 e. The summed E-state index contributed by atoms with van der Waals surface area (Å²) in [4.78, 5) is 36.1. The van der Waals surface area contributed by atoms with Gasteiger partial charge in [-0.3, -0.25) is 19.8 Å². The van der Waals surface area contributed by atoms with E-state index >= 15 is 0 Å². The fourth-order valence-electron chi connectivity index (χ4n) is 5.42. The van der Waals surface area contributed by atoms with Crippen LogP contribution in [0, 0.1) is 5.82 Å². The Labute approximate surface area is 238 Å². The van der Waals surface area contributed by atoms with Crippen LogP contribution in [-0.2, 0) is 22.6 Å². The number of halogens is 1. The highest BCUT2D eigenvalue weighted by Gasteiger charge is 2.36. The van der Waals surface area contributed by atoms with Gasteiger partial charge in [0.25, 0.3) is 5.91 Å². The Morgan fingerprint density at radius 3 is 2.75 bits per heavy atom. The standard InChI is InChI=1S/C30H35FN4O4S/c1-3-38-25-9-5-4-7-20(25)17-35-16-15-22(18-35)34(2)29(37)24-8-6-10-26-28(24)33-30(40-26)32-27(36)19-39-23-13-11-21(31)12-14-23/h4-5,7,9,11-14,22,24H,3,6,8,10,15-19H2,1-2H3,(H,32,33,36). The Hall–Kier alpha value is -3.50. The van der Waals surface area contributed by atoms with Gasteiger partial charge in [0.05, 0.1) is 18.2 Å². The lowest BCUT2D eigenvalue weighted by Gasteiger charge is -2.30. The summed E-state index contributed by atoms with van der Waals surface area (Å²) in [6.45, 7) is 4.94. The van der Waals surface area contributed by atoms with Crippen LogP contribution in [0.4, 0.5) is 9.52 Å². The second kappa shape index (κ2) is 12.8. The van der Waals surface area contributed by atoms with Gasteiger partial charge >= 0.3 is 0 Å². The van der Waals surface area contributed by atoms with Gasteiger partial charge < -0.3 is 14.4 Å². The minimum atomic E-state index is -0.367. The van der Waals surface area contributed by atoms with Crippen LogP contribution in [-0.4, -0.2) is 66.0 Å². The molecule has 2 unspecified atom stereocenters. The molecule has 2 aliphatic rings. The average Bonchev–Trinajstić information content (AvgIpc) is 3.60. The molecule has 3 aromatic rings. The molecule has 1 aliphatic carbocycles. The van der Waals surface area contributed by atoms with Gasteiger partial charge in [0, 0.05) is 43.2 Å². The van der Waals surface area contributed by atoms with Crippen molar-refractivity contribution in [1.82, 2.24) is 14.8 Å². The number of anilines is 1. The minimum absolute atomic E-state index is 0.0883. The van der Waals surface area contributed by atoms with Gasteiger partial charge in [-0.2, -0.15) is 0 Å². The molecular formula is C30H35FN4O4S. The molecule has 1 saturated heterocycles. The zero-order valence-electron chi connectivity index (χ0n) is 22.9. The van der Waals surface area contributed by atoms with E-state index in [1.54, 1.807) is 0 Å². The summed E-state index contributed by atoms with van der Waals surface area (Å²) in [6.07, 6.45) is 3.43. The monoisotopic (exact) mass is 566 g/mol. The van der Waals surface area contributed by atoms with Crippen molar-refractivity contribution >= 4 is 28.3 Å². The van der Waals surface area contributed by atoms with Crippen molar-refractivity contribution in [2.45, 2.75) is 51.1 Å². The summed E-state index contributed by atoms with van der Waals surface area (Å²) < 4.78 is 24.3. The fourth-order valence-corrected chi connectivity index (χ4v) is 6.50. The molecule has 2 heterocycles. The highest BCUT2D eigenvalue weighted by atomic mass is 32.1. The largest absolute Gasteiger partial charge is 0.494 e. The quantitative estimate of drug-likeness (QED) is 0.378. The third-order valence-corrected chi connectivity index (χ3v) is 8.54. The van der Waals surface area contributed by atoms with Crippen molar-refractivity contribution in [3.05, 3.63) is 70.5 Å². The van der Waals surface area contributed by atoms with Crippen molar-refractivity contribution in [1.29, 1.82) is 0 Å². The summed E-state index contributed by atoms with van der Waals surface area (Å²) in [5, 5.41) is 3.27. The number of ether oxygens (including phenoxy) is 2. The second-order valence-electron chi connectivity index (χ2n) is 10.2. The van der Waals surface area contributed by atoms with Gasteiger partial charge in [-0.15, -0.1) is 11.3 Å². The number of fused-ring (bicyclic) bond motifs is 1. The molecule has 212 valence electrons. The van der Waals surface area contributed by atoms with Crippen LogP contribution >= 0.6 is 11.3 Å². The van der Waals surface area contributed by atoms with Crippen LogP contribution < -0.4 is 14.8 Å². The maximum Gasteiger partial charge on any atom is 0.264 e. The third kappa shape index (κ3) is 6.62. The molecule has 40 heavy (non-hydrogen) atoms. The number of hydrogen-bond acceptors (Lipinski definition) is 7. The van der Waals surface area contributed by atoms with E-state index in [0.29, 0.717) is 17.5 Å². The van der Waals surface area contributed by atoms with Crippen molar-refractivity contribution in [3.63, 3.8) is 0 Å². The second-order valence-corrected chi connectivity index (χ2v) is 11.3. The maximum absolute atomic E-state index is 13.7. The molecule has 0 bridgehead atoms. The molecule has 0 radical (unpaired) electrons. The first-order valence-corrected chi connectivity index (χ1v) is 14.6. The summed E-state index contributed by atoms with van der Waals surface area (Å²) in [6, 6.07) is 13.8. The summed E-state index contributed by atoms with van der Waals surface area (Å²) >= 11 is 1.42. The Kier molecular flexibility index (Phi) is 8.96. The lowest BCUT2D eigenvalue weighted by atomic mass is 9.89. The number of nitrogens with one attached hydrogen (secondary N) is 1. The molecule has 2 amide bonds. The third-order valence-electron chi connectivity index (χ3n) is 7.49. The lowest BCUT2D eigenvalue weighted by Crippen LogP contribution is -2.42. The van der Waals surface area contributed by atoms with E-state index < -0.39 is 0 Å². The molecule has 2 aromatic carbocycles. The van der Waals surface area contributed by atoms with Gasteiger partial charge in [0.2, 0.25) is 5.91 Å². The molecule has 1 aliphatic heterocycles. The molecule has 1 fully saturated rings. The summed E-state index contributed by atoms with van der Waals surface area (Å²) in [5.74, 6) is 0.388. The van der Waals surface area contributed by atoms with Crippen LogP contribution in [0.1, 0.15) is 48.2 Å². The predicted octanol–water partition coefficient (Wildman–Crippen LogP) is 4.85. The van der Waals surface area contributed by atoms with Crippen molar-refractivity contribution in [2.75, 3.05) is 38.7 Å². The van der Waals surface area contributed by atoms with E-state index in [0.717, 1.165) is 67.2 Å². The molecule has 1 aromatic heterocycles. The van der Waals surface area contributed by atoms with Gasteiger partial charge in [-0.05, 0) is 62.9 Å². The number of likely N-dealkylation sites (tertiary alicyclic amines) is 1. The van der Waals surface area contributed by atoms with Crippen molar-refractivity contribution in [2.24, 2.45) is 0 Å². The molecule has 2 atom stereocenters. The minimum Gasteiger partial charge on any atom is -0.494 e. The molecule has 5 rings (SSSR count). The zero-order chi connectivity index (χ0) is 28.1. The fraction of sp³-hybridized carbons (Fsp3) is 0.433. The zero-order valence-corrected chi connectivity index (χ0v) is 23.7. The number of amides is 2. The average molecular weight is 567 g/mol. The summed E-state index contributed by atoms with van der Waals surface area (Å²) in [5.41, 5.74) is 1.94. The number of likely N-dealkylation sites (N-methyl/N-ethyl adjacent to an activating group) is 1. The number of thiazole rings is 1. The molecule has 8 nitrogen and oxygen atoms in total. The molecular weight excluding hydrogens is 531 g/mol. The van der Waals surface area contributed by atoms with Crippen molar-refractivity contribution in [3.8, 4) is 11.5 Å².